The van der Waals surface area contributed by atoms with Gasteiger partial charge in [0.2, 0.25) is 0 Å². The van der Waals surface area contributed by atoms with Crippen molar-refractivity contribution in [3.63, 3.8) is 0 Å². The molecule has 14 heavy (non-hydrogen) atoms. The normalized spacial score (nSPS) is 30.2. The molecule has 3 nitrogen and oxygen atoms in total. The van der Waals surface area contributed by atoms with Crippen LogP contribution in [0, 0.1) is 0 Å². The SMILES string of the molecule is CCC(CN)N1CC(C)OC(C)(C)C1. The summed E-state index contributed by atoms with van der Waals surface area (Å²) in [6.45, 7) is 11.4. The van der Waals surface area contributed by atoms with Crippen molar-refractivity contribution in [2.45, 2.75) is 51.9 Å². The Morgan fingerprint density at radius 2 is 2.21 bits per heavy atom. The third-order valence-corrected chi connectivity index (χ3v) is 2.86. The van der Waals surface area contributed by atoms with Crippen LogP contribution in [0.2, 0.25) is 0 Å². The van der Waals surface area contributed by atoms with Gasteiger partial charge < -0.3 is 10.5 Å². The molecular formula is C11H24N2O. The first kappa shape index (κ1) is 12.0. The average Bonchev–Trinajstić information content (AvgIpc) is 2.02. The fraction of sp³-hybridized carbons (Fsp3) is 1.00. The van der Waals surface area contributed by atoms with Gasteiger partial charge in [-0.3, -0.25) is 4.90 Å². The van der Waals surface area contributed by atoms with Crippen LogP contribution in [0.4, 0.5) is 0 Å². The standard InChI is InChI=1S/C11H24N2O/c1-5-10(6-12)13-7-9(2)14-11(3,4)8-13/h9-10H,5-8,12H2,1-4H3. The van der Waals surface area contributed by atoms with E-state index in [-0.39, 0.29) is 5.60 Å². The number of hydrogen-bond acceptors (Lipinski definition) is 3. The van der Waals surface area contributed by atoms with Crippen LogP contribution in [0.15, 0.2) is 0 Å². The van der Waals surface area contributed by atoms with Crippen LogP contribution in [0.3, 0.4) is 0 Å². The molecule has 0 radical (unpaired) electrons. The Kier molecular flexibility index (Phi) is 3.93. The minimum Gasteiger partial charge on any atom is -0.370 e. The molecule has 0 amide bonds. The Labute approximate surface area is 87.6 Å². The molecule has 0 bridgehead atoms. The Bertz CT molecular complexity index is 178. The highest BCUT2D eigenvalue weighted by atomic mass is 16.5. The minimum atomic E-state index is -0.0275. The molecule has 0 aromatic heterocycles. The molecule has 1 aliphatic heterocycles. The number of hydrogen-bond donors (Lipinski definition) is 1. The van der Waals surface area contributed by atoms with Gasteiger partial charge in [0.15, 0.2) is 0 Å². The lowest BCUT2D eigenvalue weighted by Crippen LogP contribution is -2.56. The van der Waals surface area contributed by atoms with Crippen molar-refractivity contribution >= 4 is 0 Å². The van der Waals surface area contributed by atoms with Gasteiger partial charge in [0.25, 0.3) is 0 Å². The molecule has 0 saturated carbocycles. The highest BCUT2D eigenvalue weighted by molar-refractivity contribution is 4.86. The predicted molar refractivity (Wildman–Crippen MR) is 59.3 cm³/mol. The molecule has 3 heteroatoms. The number of nitrogens with zero attached hydrogens (tertiary/aromatic N) is 1. The van der Waals surface area contributed by atoms with E-state index in [9.17, 15) is 0 Å². The zero-order valence-electron chi connectivity index (χ0n) is 9.92. The minimum absolute atomic E-state index is 0.0275. The van der Waals surface area contributed by atoms with Gasteiger partial charge >= 0.3 is 0 Å². The zero-order chi connectivity index (χ0) is 10.8. The molecule has 1 aliphatic rings. The summed E-state index contributed by atoms with van der Waals surface area (Å²) in [7, 11) is 0. The molecule has 2 atom stereocenters. The lowest BCUT2D eigenvalue weighted by atomic mass is 10.0. The molecule has 2 unspecified atom stereocenters. The van der Waals surface area contributed by atoms with Gasteiger partial charge in [0.05, 0.1) is 11.7 Å². The van der Waals surface area contributed by atoms with Crippen molar-refractivity contribution in [1.82, 2.24) is 4.90 Å². The van der Waals surface area contributed by atoms with E-state index in [4.69, 9.17) is 10.5 Å². The Morgan fingerprint density at radius 1 is 1.57 bits per heavy atom. The summed E-state index contributed by atoms with van der Waals surface area (Å²) in [5.74, 6) is 0. The van der Waals surface area contributed by atoms with Crippen LogP contribution >= 0.6 is 0 Å². The zero-order valence-corrected chi connectivity index (χ0v) is 9.92. The van der Waals surface area contributed by atoms with Crippen LogP contribution in [0.5, 0.6) is 0 Å². The molecule has 0 spiro atoms. The topological polar surface area (TPSA) is 38.5 Å². The van der Waals surface area contributed by atoms with Gasteiger partial charge in [-0.25, -0.2) is 0 Å². The van der Waals surface area contributed by atoms with Gasteiger partial charge in [-0.05, 0) is 27.2 Å². The first-order chi connectivity index (χ1) is 6.48. The summed E-state index contributed by atoms with van der Waals surface area (Å²) in [6, 6.07) is 0.514. The second-order valence-corrected chi connectivity index (χ2v) is 4.92. The predicted octanol–water partition coefficient (Wildman–Crippen LogP) is 1.22. The monoisotopic (exact) mass is 200 g/mol. The molecule has 1 heterocycles. The largest absolute Gasteiger partial charge is 0.370 e. The van der Waals surface area contributed by atoms with E-state index in [0.29, 0.717) is 12.1 Å². The van der Waals surface area contributed by atoms with Gasteiger partial charge in [-0.1, -0.05) is 6.92 Å². The van der Waals surface area contributed by atoms with Crippen molar-refractivity contribution < 1.29 is 4.74 Å². The summed E-state index contributed by atoms with van der Waals surface area (Å²) in [4.78, 5) is 2.47. The Morgan fingerprint density at radius 3 is 2.64 bits per heavy atom. The van der Waals surface area contributed by atoms with E-state index < -0.39 is 0 Å². The van der Waals surface area contributed by atoms with E-state index in [1.54, 1.807) is 0 Å². The molecule has 84 valence electrons. The molecule has 0 aromatic rings. The summed E-state index contributed by atoms with van der Waals surface area (Å²) >= 11 is 0. The van der Waals surface area contributed by atoms with E-state index in [1.165, 1.54) is 0 Å². The lowest BCUT2D eigenvalue weighted by Gasteiger charge is -2.44. The third-order valence-electron chi connectivity index (χ3n) is 2.86. The average molecular weight is 200 g/mol. The van der Waals surface area contributed by atoms with E-state index in [1.807, 2.05) is 0 Å². The second kappa shape index (κ2) is 4.60. The summed E-state index contributed by atoms with van der Waals surface area (Å²) in [5.41, 5.74) is 5.74. The molecule has 1 fully saturated rings. The fourth-order valence-corrected chi connectivity index (χ4v) is 2.36. The maximum atomic E-state index is 5.86. The lowest BCUT2D eigenvalue weighted by molar-refractivity contribution is -0.137. The third kappa shape index (κ3) is 2.94. The number of nitrogens with two attached hydrogens (primary N) is 1. The molecule has 2 N–H and O–H groups in total. The number of ether oxygens (including phenoxy) is 1. The maximum Gasteiger partial charge on any atom is 0.0757 e. The van der Waals surface area contributed by atoms with E-state index in [2.05, 4.69) is 32.6 Å². The van der Waals surface area contributed by atoms with Crippen LogP contribution in [-0.4, -0.2) is 42.3 Å². The summed E-state index contributed by atoms with van der Waals surface area (Å²) in [6.07, 6.45) is 1.44. The van der Waals surface area contributed by atoms with Crippen molar-refractivity contribution in [3.8, 4) is 0 Å². The van der Waals surface area contributed by atoms with Gasteiger partial charge in [-0.15, -0.1) is 0 Å². The van der Waals surface area contributed by atoms with Crippen molar-refractivity contribution in [1.29, 1.82) is 0 Å². The first-order valence-electron chi connectivity index (χ1n) is 5.60. The van der Waals surface area contributed by atoms with Crippen LogP contribution in [-0.2, 0) is 4.74 Å². The van der Waals surface area contributed by atoms with Gasteiger partial charge in [-0.2, -0.15) is 0 Å². The van der Waals surface area contributed by atoms with Gasteiger partial charge in [0.1, 0.15) is 0 Å². The summed E-state index contributed by atoms with van der Waals surface area (Å²) < 4.78 is 5.86. The van der Waals surface area contributed by atoms with Gasteiger partial charge in [0, 0.05) is 25.7 Å². The van der Waals surface area contributed by atoms with Crippen LogP contribution in [0.25, 0.3) is 0 Å². The first-order valence-corrected chi connectivity index (χ1v) is 5.60. The van der Waals surface area contributed by atoms with E-state index >= 15 is 0 Å². The van der Waals surface area contributed by atoms with Crippen molar-refractivity contribution in [2.24, 2.45) is 5.73 Å². The molecule has 0 aliphatic carbocycles. The van der Waals surface area contributed by atoms with E-state index in [0.717, 1.165) is 26.1 Å². The Balaban J connectivity index is 2.61. The van der Waals surface area contributed by atoms with Crippen LogP contribution < -0.4 is 5.73 Å². The molecular weight excluding hydrogens is 176 g/mol. The highest BCUT2D eigenvalue weighted by Crippen LogP contribution is 2.22. The van der Waals surface area contributed by atoms with Crippen molar-refractivity contribution in [3.05, 3.63) is 0 Å². The van der Waals surface area contributed by atoms with Crippen molar-refractivity contribution in [2.75, 3.05) is 19.6 Å². The number of morpholine rings is 1. The fourth-order valence-electron chi connectivity index (χ4n) is 2.36. The number of rotatable bonds is 3. The Hall–Kier alpha value is -0.120. The quantitative estimate of drug-likeness (QED) is 0.744. The highest BCUT2D eigenvalue weighted by Gasteiger charge is 2.33. The smallest absolute Gasteiger partial charge is 0.0757 e. The molecule has 1 rings (SSSR count). The molecule has 0 aromatic carbocycles. The van der Waals surface area contributed by atoms with Crippen LogP contribution in [0.1, 0.15) is 34.1 Å². The summed E-state index contributed by atoms with van der Waals surface area (Å²) in [5, 5.41) is 0. The molecule has 1 saturated heterocycles. The second-order valence-electron chi connectivity index (χ2n) is 4.92. The maximum absolute atomic E-state index is 5.86.